The van der Waals surface area contributed by atoms with E-state index < -0.39 is 5.54 Å². The third-order valence-corrected chi connectivity index (χ3v) is 6.25. The maximum atomic E-state index is 12.7. The van der Waals surface area contributed by atoms with Crippen molar-refractivity contribution in [2.75, 3.05) is 11.9 Å². The minimum atomic E-state index is -0.682. The van der Waals surface area contributed by atoms with Crippen LogP contribution < -0.4 is 10.2 Å². The Hall–Kier alpha value is -1.61. The normalized spacial score (nSPS) is 20.7. The Kier molecular flexibility index (Phi) is 4.34. The van der Waals surface area contributed by atoms with Gasteiger partial charge in [-0.3, -0.25) is 4.79 Å². The number of nitrogens with one attached hydrogen (secondary N) is 1. The second kappa shape index (κ2) is 6.25. The lowest BCUT2D eigenvalue weighted by atomic mass is 9.76. The highest BCUT2D eigenvalue weighted by Crippen LogP contribution is 2.39. The highest BCUT2D eigenvalue weighted by atomic mass is 32.1. The van der Waals surface area contributed by atoms with Crippen molar-refractivity contribution in [3.63, 3.8) is 0 Å². The highest BCUT2D eigenvalue weighted by molar-refractivity contribution is 7.16. The van der Waals surface area contributed by atoms with Crippen LogP contribution in [0.1, 0.15) is 62.3 Å². The molecule has 0 bridgehead atoms. The van der Waals surface area contributed by atoms with Crippen LogP contribution in [-0.4, -0.2) is 23.5 Å². The molecule has 0 aromatic carbocycles. The first-order valence-electron chi connectivity index (χ1n) is 8.06. The smallest absolute Gasteiger partial charge is 0.253 e. The zero-order chi connectivity index (χ0) is 15.6. The molecule has 2 aliphatic rings. The van der Waals surface area contributed by atoms with Gasteiger partial charge in [0.05, 0.1) is 11.2 Å². The van der Waals surface area contributed by atoms with Crippen LogP contribution in [0.15, 0.2) is 6.20 Å². The van der Waals surface area contributed by atoms with Crippen LogP contribution >= 0.6 is 11.3 Å². The lowest BCUT2D eigenvalue weighted by molar-refractivity contribution is -0.127. The molecule has 1 N–H and O–H groups in total. The van der Waals surface area contributed by atoms with Crippen molar-refractivity contribution in [1.82, 2.24) is 10.3 Å². The van der Waals surface area contributed by atoms with E-state index in [-0.39, 0.29) is 5.91 Å². The van der Waals surface area contributed by atoms with Gasteiger partial charge in [0.2, 0.25) is 0 Å². The molecule has 1 aromatic rings. The van der Waals surface area contributed by atoms with Crippen molar-refractivity contribution in [3.05, 3.63) is 11.2 Å². The molecule has 5 nitrogen and oxygen atoms in total. The molecule has 0 radical (unpaired) electrons. The van der Waals surface area contributed by atoms with E-state index in [9.17, 15) is 4.79 Å². The van der Waals surface area contributed by atoms with Gasteiger partial charge in [0.1, 0.15) is 10.5 Å². The topological polar surface area (TPSA) is 69.0 Å². The molecule has 1 amide bonds. The van der Waals surface area contributed by atoms with Gasteiger partial charge in [-0.2, -0.15) is 5.26 Å². The lowest BCUT2D eigenvalue weighted by Crippen LogP contribution is -2.60. The van der Waals surface area contributed by atoms with Crippen LogP contribution in [0.4, 0.5) is 5.00 Å². The summed E-state index contributed by atoms with van der Waals surface area (Å²) in [5.74, 6) is 0.546. The Balaban J connectivity index is 1.72. The minimum absolute atomic E-state index is 0.0147. The standard InChI is InChI=1S/C16H22N4OS/c1-20(15(21)16(19-11-17)8-5-9-16)13-10-18-14(22-13)12-6-3-2-4-7-12/h10,12,19H,2-9H2,1H3. The molecular formula is C16H22N4OS. The number of aromatic nitrogens is 1. The van der Waals surface area contributed by atoms with Crippen LogP contribution in [-0.2, 0) is 4.79 Å². The van der Waals surface area contributed by atoms with Gasteiger partial charge in [0, 0.05) is 13.0 Å². The van der Waals surface area contributed by atoms with E-state index in [1.165, 1.54) is 32.1 Å². The maximum absolute atomic E-state index is 12.7. The number of rotatable bonds is 4. The zero-order valence-electron chi connectivity index (χ0n) is 13.0. The van der Waals surface area contributed by atoms with Gasteiger partial charge < -0.3 is 10.2 Å². The van der Waals surface area contributed by atoms with Crippen LogP contribution in [0.3, 0.4) is 0 Å². The van der Waals surface area contributed by atoms with E-state index in [2.05, 4.69) is 10.3 Å². The third kappa shape index (κ3) is 2.70. The Morgan fingerprint density at radius 3 is 2.73 bits per heavy atom. The summed E-state index contributed by atoms with van der Waals surface area (Å²) < 4.78 is 0. The first-order chi connectivity index (χ1) is 10.7. The molecule has 2 fully saturated rings. The predicted octanol–water partition coefficient (Wildman–Crippen LogP) is 3.15. The Labute approximate surface area is 135 Å². The van der Waals surface area contributed by atoms with Crippen LogP contribution in [0.2, 0.25) is 0 Å². The zero-order valence-corrected chi connectivity index (χ0v) is 13.8. The van der Waals surface area contributed by atoms with Crippen molar-refractivity contribution in [2.24, 2.45) is 0 Å². The van der Waals surface area contributed by atoms with Gasteiger partial charge >= 0.3 is 0 Å². The number of anilines is 1. The van der Waals surface area contributed by atoms with Gasteiger partial charge in [-0.25, -0.2) is 4.98 Å². The molecular weight excluding hydrogens is 296 g/mol. The van der Waals surface area contributed by atoms with E-state index in [0.717, 1.165) is 29.3 Å². The molecule has 1 aromatic heterocycles. The molecule has 0 spiro atoms. The summed E-state index contributed by atoms with van der Waals surface area (Å²) in [4.78, 5) is 18.9. The number of hydrogen-bond donors (Lipinski definition) is 1. The molecule has 2 saturated carbocycles. The van der Waals surface area contributed by atoms with Gasteiger partial charge in [0.25, 0.3) is 5.91 Å². The average Bonchev–Trinajstić information content (AvgIpc) is 3.00. The minimum Gasteiger partial charge on any atom is -0.308 e. The molecule has 3 rings (SSSR count). The van der Waals surface area contributed by atoms with Crippen LogP contribution in [0.5, 0.6) is 0 Å². The second-order valence-electron chi connectivity index (χ2n) is 6.41. The molecule has 1 heterocycles. The van der Waals surface area contributed by atoms with Crippen LogP contribution in [0.25, 0.3) is 0 Å². The fraction of sp³-hybridized carbons (Fsp3) is 0.688. The number of amides is 1. The second-order valence-corrected chi connectivity index (χ2v) is 7.45. The number of carbonyl (C=O) groups is 1. The number of hydrogen-bond acceptors (Lipinski definition) is 5. The summed E-state index contributed by atoms with van der Waals surface area (Å²) in [5, 5.41) is 13.7. The number of carbonyl (C=O) groups excluding carboxylic acids is 1. The molecule has 0 unspecified atom stereocenters. The number of nitriles is 1. The molecule has 0 saturated heterocycles. The third-order valence-electron chi connectivity index (χ3n) is 5.01. The number of likely N-dealkylation sites (N-methyl/N-ethyl adjacent to an activating group) is 1. The van der Waals surface area contributed by atoms with E-state index in [1.54, 1.807) is 23.3 Å². The van der Waals surface area contributed by atoms with E-state index in [1.807, 2.05) is 12.4 Å². The first kappa shape index (κ1) is 15.3. The summed E-state index contributed by atoms with van der Waals surface area (Å²) >= 11 is 1.63. The highest BCUT2D eigenvalue weighted by Gasteiger charge is 2.46. The summed E-state index contributed by atoms with van der Waals surface area (Å²) in [6.07, 6.45) is 12.5. The molecule has 22 heavy (non-hydrogen) atoms. The Morgan fingerprint density at radius 1 is 1.41 bits per heavy atom. The largest absolute Gasteiger partial charge is 0.308 e. The molecule has 2 aliphatic carbocycles. The van der Waals surface area contributed by atoms with Crippen molar-refractivity contribution in [1.29, 1.82) is 5.26 Å². The van der Waals surface area contributed by atoms with Crippen molar-refractivity contribution in [2.45, 2.75) is 62.8 Å². The summed E-state index contributed by atoms with van der Waals surface area (Å²) in [5.41, 5.74) is -0.682. The molecule has 0 aliphatic heterocycles. The maximum Gasteiger partial charge on any atom is 0.253 e. The fourth-order valence-corrected chi connectivity index (χ4v) is 4.47. The van der Waals surface area contributed by atoms with Crippen molar-refractivity contribution < 1.29 is 4.79 Å². The van der Waals surface area contributed by atoms with Gasteiger partial charge in [0.15, 0.2) is 6.19 Å². The van der Waals surface area contributed by atoms with Crippen molar-refractivity contribution in [3.8, 4) is 6.19 Å². The predicted molar refractivity (Wildman–Crippen MR) is 86.7 cm³/mol. The van der Waals surface area contributed by atoms with Gasteiger partial charge in [-0.15, -0.1) is 11.3 Å². The average molecular weight is 318 g/mol. The summed E-state index contributed by atoms with van der Waals surface area (Å²) in [6, 6.07) is 0. The molecule has 6 heteroatoms. The number of nitrogens with zero attached hydrogens (tertiary/aromatic N) is 3. The van der Waals surface area contributed by atoms with E-state index in [4.69, 9.17) is 5.26 Å². The lowest BCUT2D eigenvalue weighted by Gasteiger charge is -2.40. The Bertz CT molecular complexity index is 581. The fourth-order valence-electron chi connectivity index (χ4n) is 3.42. The van der Waals surface area contributed by atoms with E-state index in [0.29, 0.717) is 5.92 Å². The Morgan fingerprint density at radius 2 is 2.14 bits per heavy atom. The quantitative estimate of drug-likeness (QED) is 0.684. The molecule has 0 atom stereocenters. The number of thiazole rings is 1. The van der Waals surface area contributed by atoms with Gasteiger partial charge in [-0.1, -0.05) is 19.3 Å². The monoisotopic (exact) mass is 318 g/mol. The summed E-state index contributed by atoms with van der Waals surface area (Å²) in [7, 11) is 1.79. The molecule has 118 valence electrons. The van der Waals surface area contributed by atoms with Gasteiger partial charge in [-0.05, 0) is 32.1 Å². The summed E-state index contributed by atoms with van der Waals surface area (Å²) in [6.45, 7) is 0. The van der Waals surface area contributed by atoms with E-state index >= 15 is 0 Å². The van der Waals surface area contributed by atoms with Crippen molar-refractivity contribution >= 4 is 22.2 Å². The first-order valence-corrected chi connectivity index (χ1v) is 8.88. The van der Waals surface area contributed by atoms with Crippen LogP contribution in [0, 0.1) is 11.5 Å². The SMILES string of the molecule is CN(C(=O)C1(NC#N)CCC1)c1cnc(C2CCCCC2)s1.